The van der Waals surface area contributed by atoms with E-state index in [9.17, 15) is 0 Å². The number of nitrogens with zero attached hydrogens (tertiary/aromatic N) is 1. The van der Waals surface area contributed by atoms with E-state index >= 15 is 0 Å². The second-order valence-corrected chi connectivity index (χ2v) is 4.07. The minimum atomic E-state index is 0.267. The fourth-order valence-corrected chi connectivity index (χ4v) is 1.66. The third-order valence-electron chi connectivity index (χ3n) is 2.80. The molecule has 1 aromatic carbocycles. The van der Waals surface area contributed by atoms with Gasteiger partial charge in [0.05, 0.1) is 5.84 Å². The molecule has 1 aromatic rings. The van der Waals surface area contributed by atoms with Crippen LogP contribution in [0.5, 0.6) is 0 Å². The van der Waals surface area contributed by atoms with Crippen molar-refractivity contribution < 1.29 is 0 Å². The molecular weight excluding hydrogens is 198 g/mol. The van der Waals surface area contributed by atoms with Gasteiger partial charge in [0.25, 0.3) is 0 Å². The number of hydrogen-bond donors (Lipinski definition) is 2. The maximum Gasteiger partial charge on any atom is 0.0918 e. The first-order chi connectivity index (χ1) is 7.63. The van der Waals surface area contributed by atoms with Gasteiger partial charge in [0.2, 0.25) is 0 Å². The van der Waals surface area contributed by atoms with Crippen LogP contribution in [0, 0.1) is 12.3 Å². The van der Waals surface area contributed by atoms with Crippen molar-refractivity contribution in [3.8, 4) is 0 Å². The molecule has 0 spiro atoms. The summed E-state index contributed by atoms with van der Waals surface area (Å²) in [6, 6.07) is 8.42. The molecule has 0 atom stereocenters. The van der Waals surface area contributed by atoms with Crippen molar-refractivity contribution in [2.75, 3.05) is 13.1 Å². The van der Waals surface area contributed by atoms with E-state index in [0.717, 1.165) is 19.6 Å². The number of nitrogens with one attached hydrogen (secondary N) is 1. The summed E-state index contributed by atoms with van der Waals surface area (Å²) in [7, 11) is 0. The smallest absolute Gasteiger partial charge is 0.0918 e. The lowest BCUT2D eigenvalue weighted by atomic mass is 10.1. The van der Waals surface area contributed by atoms with Gasteiger partial charge in [-0.25, -0.2) is 0 Å². The highest BCUT2D eigenvalue weighted by Crippen LogP contribution is 2.10. The van der Waals surface area contributed by atoms with Crippen molar-refractivity contribution >= 4 is 5.84 Å². The zero-order valence-corrected chi connectivity index (χ0v) is 10.2. The molecule has 0 amide bonds. The highest BCUT2D eigenvalue weighted by Gasteiger charge is 2.05. The van der Waals surface area contributed by atoms with Crippen molar-refractivity contribution in [3.05, 3.63) is 35.4 Å². The molecule has 0 fully saturated rings. The molecule has 0 saturated carbocycles. The molecule has 0 aliphatic rings. The molecule has 0 saturated heterocycles. The van der Waals surface area contributed by atoms with Crippen LogP contribution in [0.1, 0.15) is 24.5 Å². The molecule has 3 nitrogen and oxygen atoms in total. The Morgan fingerprint density at radius 1 is 1.38 bits per heavy atom. The van der Waals surface area contributed by atoms with Gasteiger partial charge in [0.15, 0.2) is 0 Å². The van der Waals surface area contributed by atoms with Gasteiger partial charge in [-0.2, -0.15) is 0 Å². The number of nitrogens with two attached hydrogens (primary N) is 1. The van der Waals surface area contributed by atoms with Gasteiger partial charge in [0, 0.05) is 19.5 Å². The lowest BCUT2D eigenvalue weighted by Gasteiger charge is -2.21. The molecule has 0 aromatic heterocycles. The van der Waals surface area contributed by atoms with E-state index in [2.05, 4.69) is 43.0 Å². The summed E-state index contributed by atoms with van der Waals surface area (Å²) in [5.74, 6) is 0.267. The van der Waals surface area contributed by atoms with E-state index in [1.165, 1.54) is 11.1 Å². The Morgan fingerprint density at radius 3 is 2.62 bits per heavy atom. The van der Waals surface area contributed by atoms with Gasteiger partial charge < -0.3 is 5.73 Å². The van der Waals surface area contributed by atoms with Crippen LogP contribution in [0.4, 0.5) is 0 Å². The van der Waals surface area contributed by atoms with Gasteiger partial charge >= 0.3 is 0 Å². The van der Waals surface area contributed by atoms with Crippen LogP contribution in [-0.4, -0.2) is 23.8 Å². The summed E-state index contributed by atoms with van der Waals surface area (Å²) in [5, 5.41) is 7.24. The van der Waals surface area contributed by atoms with E-state index in [4.69, 9.17) is 11.1 Å². The van der Waals surface area contributed by atoms with E-state index in [-0.39, 0.29) is 5.84 Å². The first kappa shape index (κ1) is 12.7. The molecule has 0 heterocycles. The standard InChI is InChI=1S/C13H21N3/c1-3-16(9-8-13(14)15)10-12-7-5-4-6-11(12)2/h4-7H,3,8-10H2,1-2H3,(H3,14,15). The molecule has 0 aliphatic heterocycles. The highest BCUT2D eigenvalue weighted by atomic mass is 15.1. The summed E-state index contributed by atoms with van der Waals surface area (Å²) in [6.07, 6.45) is 0.653. The summed E-state index contributed by atoms with van der Waals surface area (Å²) >= 11 is 0. The van der Waals surface area contributed by atoms with Gasteiger partial charge in [-0.05, 0) is 24.6 Å². The molecular formula is C13H21N3. The second kappa shape index (κ2) is 6.28. The normalized spacial score (nSPS) is 10.7. The van der Waals surface area contributed by atoms with Crippen LogP contribution < -0.4 is 5.73 Å². The Bertz CT molecular complexity index is 347. The zero-order valence-electron chi connectivity index (χ0n) is 10.2. The Labute approximate surface area is 97.8 Å². The zero-order chi connectivity index (χ0) is 12.0. The van der Waals surface area contributed by atoms with Crippen LogP contribution in [0.2, 0.25) is 0 Å². The van der Waals surface area contributed by atoms with E-state index in [0.29, 0.717) is 6.42 Å². The molecule has 3 heteroatoms. The van der Waals surface area contributed by atoms with Crippen LogP contribution in [0.25, 0.3) is 0 Å². The summed E-state index contributed by atoms with van der Waals surface area (Å²) < 4.78 is 0. The number of aryl methyl sites for hydroxylation is 1. The van der Waals surface area contributed by atoms with Gasteiger partial charge in [-0.15, -0.1) is 0 Å². The van der Waals surface area contributed by atoms with Crippen LogP contribution in [0.15, 0.2) is 24.3 Å². The maximum absolute atomic E-state index is 7.24. The maximum atomic E-state index is 7.24. The average Bonchev–Trinajstić information content (AvgIpc) is 2.26. The lowest BCUT2D eigenvalue weighted by molar-refractivity contribution is 0.287. The molecule has 0 aliphatic carbocycles. The number of benzene rings is 1. The van der Waals surface area contributed by atoms with Crippen molar-refractivity contribution in [1.29, 1.82) is 5.41 Å². The minimum Gasteiger partial charge on any atom is -0.388 e. The van der Waals surface area contributed by atoms with Crippen molar-refractivity contribution in [2.45, 2.75) is 26.8 Å². The lowest BCUT2D eigenvalue weighted by Crippen LogP contribution is -2.27. The quantitative estimate of drug-likeness (QED) is 0.569. The third-order valence-corrected chi connectivity index (χ3v) is 2.80. The predicted octanol–water partition coefficient (Wildman–Crippen LogP) is 2.14. The Kier molecular flexibility index (Phi) is 4.99. The van der Waals surface area contributed by atoms with Gasteiger partial charge in [-0.3, -0.25) is 10.3 Å². The van der Waals surface area contributed by atoms with Gasteiger partial charge in [-0.1, -0.05) is 31.2 Å². The highest BCUT2D eigenvalue weighted by molar-refractivity contribution is 5.76. The van der Waals surface area contributed by atoms with Crippen LogP contribution in [-0.2, 0) is 6.54 Å². The van der Waals surface area contributed by atoms with E-state index in [1.807, 2.05) is 0 Å². The monoisotopic (exact) mass is 219 g/mol. The van der Waals surface area contributed by atoms with Crippen molar-refractivity contribution in [2.24, 2.45) is 5.73 Å². The van der Waals surface area contributed by atoms with Crippen molar-refractivity contribution in [1.82, 2.24) is 4.90 Å². The fourth-order valence-electron chi connectivity index (χ4n) is 1.66. The molecule has 0 radical (unpaired) electrons. The summed E-state index contributed by atoms with van der Waals surface area (Å²) in [6.45, 7) is 7.06. The predicted molar refractivity (Wildman–Crippen MR) is 68.7 cm³/mol. The Hall–Kier alpha value is -1.35. The molecule has 1 rings (SSSR count). The second-order valence-electron chi connectivity index (χ2n) is 4.07. The third kappa shape index (κ3) is 4.03. The Morgan fingerprint density at radius 2 is 2.06 bits per heavy atom. The number of hydrogen-bond acceptors (Lipinski definition) is 2. The van der Waals surface area contributed by atoms with E-state index < -0.39 is 0 Å². The average molecular weight is 219 g/mol. The first-order valence-electron chi connectivity index (χ1n) is 5.73. The molecule has 0 bridgehead atoms. The van der Waals surface area contributed by atoms with Crippen LogP contribution in [0.3, 0.4) is 0 Å². The fraction of sp³-hybridized carbons (Fsp3) is 0.462. The molecule has 16 heavy (non-hydrogen) atoms. The van der Waals surface area contributed by atoms with E-state index in [1.54, 1.807) is 0 Å². The first-order valence-corrected chi connectivity index (χ1v) is 5.73. The number of rotatable bonds is 6. The SMILES string of the molecule is CCN(CCC(=N)N)Cc1ccccc1C. The molecule has 0 unspecified atom stereocenters. The summed E-state index contributed by atoms with van der Waals surface area (Å²) in [4.78, 5) is 2.31. The van der Waals surface area contributed by atoms with Crippen LogP contribution >= 0.6 is 0 Å². The largest absolute Gasteiger partial charge is 0.388 e. The van der Waals surface area contributed by atoms with Crippen molar-refractivity contribution in [3.63, 3.8) is 0 Å². The van der Waals surface area contributed by atoms with Gasteiger partial charge in [0.1, 0.15) is 0 Å². The molecule has 3 N–H and O–H groups in total. The number of amidine groups is 1. The topological polar surface area (TPSA) is 53.1 Å². The minimum absolute atomic E-state index is 0.267. The Balaban J connectivity index is 2.56. The summed E-state index contributed by atoms with van der Waals surface area (Å²) in [5.41, 5.74) is 8.05. The molecule has 88 valence electrons.